The number of halogens is 2. The number of hydrogen-bond donors (Lipinski definition) is 1. The van der Waals surface area contributed by atoms with Gasteiger partial charge in [0.1, 0.15) is 0 Å². The van der Waals surface area contributed by atoms with Gasteiger partial charge in [-0.25, -0.2) is 8.78 Å². The second kappa shape index (κ2) is 5.15. The highest BCUT2D eigenvalue weighted by Crippen LogP contribution is 2.20. The largest absolute Gasteiger partial charge is 0.326 e. The molecular weight excluding hydrogens is 248 g/mol. The number of rotatable bonds is 3. The Morgan fingerprint density at radius 2 is 1.89 bits per heavy atom. The second-order valence-corrected chi connectivity index (χ2v) is 5.52. The predicted octanol–water partition coefficient (Wildman–Crippen LogP) is 0.834. The molecule has 5 heteroatoms. The third-order valence-electron chi connectivity index (χ3n) is 4.27. The van der Waals surface area contributed by atoms with Crippen LogP contribution in [0.1, 0.15) is 5.56 Å². The molecular formula is C14H19F2N3. The van der Waals surface area contributed by atoms with Crippen molar-refractivity contribution in [2.45, 2.75) is 18.5 Å². The summed E-state index contributed by atoms with van der Waals surface area (Å²) in [6.07, 6.45) is 0.589. The van der Waals surface area contributed by atoms with Gasteiger partial charge in [-0.2, -0.15) is 0 Å². The van der Waals surface area contributed by atoms with Crippen LogP contribution >= 0.6 is 0 Å². The number of hydrogen-bond acceptors (Lipinski definition) is 3. The predicted molar refractivity (Wildman–Crippen MR) is 69.8 cm³/mol. The van der Waals surface area contributed by atoms with Crippen molar-refractivity contribution in [3.05, 3.63) is 35.4 Å². The topological polar surface area (TPSA) is 32.5 Å². The van der Waals surface area contributed by atoms with E-state index in [0.717, 1.165) is 38.3 Å². The van der Waals surface area contributed by atoms with E-state index in [1.54, 1.807) is 6.07 Å². The van der Waals surface area contributed by atoms with Crippen LogP contribution in [0.25, 0.3) is 0 Å². The lowest BCUT2D eigenvalue weighted by molar-refractivity contribution is 0.00258. The van der Waals surface area contributed by atoms with Gasteiger partial charge in [0.15, 0.2) is 11.6 Å². The number of fused-ring (bicyclic) bond motifs is 3. The average Bonchev–Trinajstić information content (AvgIpc) is 2.44. The Morgan fingerprint density at radius 3 is 2.47 bits per heavy atom. The summed E-state index contributed by atoms with van der Waals surface area (Å²) < 4.78 is 26.1. The van der Waals surface area contributed by atoms with Gasteiger partial charge < -0.3 is 5.73 Å². The highest BCUT2D eigenvalue weighted by atomic mass is 19.2. The molecule has 19 heavy (non-hydrogen) atoms. The molecule has 1 aromatic rings. The molecule has 3 heterocycles. The lowest BCUT2D eigenvalue weighted by Gasteiger charge is -2.49. The standard InChI is InChI=1S/C14H19F2N3/c15-11-2-1-10(7-12(11)16)8-13(17)14-9-18-3-5-19(14)6-4-18/h1-2,7,13-14H,3-6,8-9,17H2. The fourth-order valence-electron chi connectivity index (χ4n) is 3.14. The molecule has 4 rings (SSSR count). The Kier molecular flexibility index (Phi) is 3.52. The molecule has 3 aliphatic rings. The fraction of sp³-hybridized carbons (Fsp3) is 0.571. The SMILES string of the molecule is NC(Cc1ccc(F)c(F)c1)C1CN2CCN1CC2. The quantitative estimate of drug-likeness (QED) is 0.880. The Labute approximate surface area is 112 Å². The van der Waals surface area contributed by atoms with Crippen LogP contribution in [0.15, 0.2) is 18.2 Å². The molecule has 2 atom stereocenters. The van der Waals surface area contributed by atoms with Crippen molar-refractivity contribution in [3.8, 4) is 0 Å². The lowest BCUT2D eigenvalue weighted by atomic mass is 9.95. The van der Waals surface area contributed by atoms with E-state index < -0.39 is 11.6 Å². The minimum Gasteiger partial charge on any atom is -0.326 e. The lowest BCUT2D eigenvalue weighted by Crippen LogP contribution is -2.66. The molecule has 3 nitrogen and oxygen atoms in total. The van der Waals surface area contributed by atoms with Crippen molar-refractivity contribution in [2.75, 3.05) is 32.7 Å². The van der Waals surface area contributed by atoms with Crippen LogP contribution in [0.5, 0.6) is 0 Å². The smallest absolute Gasteiger partial charge is 0.159 e. The van der Waals surface area contributed by atoms with E-state index >= 15 is 0 Å². The minimum absolute atomic E-state index is 0.0343. The van der Waals surface area contributed by atoms with E-state index in [1.165, 1.54) is 12.1 Å². The van der Waals surface area contributed by atoms with Gasteiger partial charge in [0.2, 0.25) is 0 Å². The highest BCUT2D eigenvalue weighted by Gasteiger charge is 2.35. The Morgan fingerprint density at radius 1 is 1.16 bits per heavy atom. The maximum absolute atomic E-state index is 13.2. The van der Waals surface area contributed by atoms with Gasteiger partial charge in [-0.1, -0.05) is 6.07 Å². The molecule has 0 amide bonds. The van der Waals surface area contributed by atoms with E-state index in [4.69, 9.17) is 5.73 Å². The molecule has 3 fully saturated rings. The van der Waals surface area contributed by atoms with Crippen LogP contribution in [0.4, 0.5) is 8.78 Å². The Balaban J connectivity index is 1.67. The summed E-state index contributed by atoms with van der Waals surface area (Å²) in [7, 11) is 0. The maximum Gasteiger partial charge on any atom is 0.159 e. The summed E-state index contributed by atoms with van der Waals surface area (Å²) in [4.78, 5) is 4.85. The van der Waals surface area contributed by atoms with E-state index in [9.17, 15) is 8.78 Å². The molecule has 2 bridgehead atoms. The monoisotopic (exact) mass is 267 g/mol. The van der Waals surface area contributed by atoms with E-state index in [-0.39, 0.29) is 6.04 Å². The highest BCUT2D eigenvalue weighted by molar-refractivity contribution is 5.19. The van der Waals surface area contributed by atoms with Gasteiger partial charge in [-0.3, -0.25) is 9.80 Å². The summed E-state index contributed by atoms with van der Waals surface area (Å²) in [5.74, 6) is -1.59. The zero-order valence-corrected chi connectivity index (χ0v) is 10.9. The van der Waals surface area contributed by atoms with Gasteiger partial charge in [0, 0.05) is 44.8 Å². The molecule has 0 aromatic heterocycles. The molecule has 0 saturated carbocycles. The number of nitrogens with zero attached hydrogens (tertiary/aromatic N) is 2. The molecule has 1 aromatic carbocycles. The van der Waals surface area contributed by atoms with Crippen LogP contribution in [0.3, 0.4) is 0 Å². The summed E-state index contributed by atoms with van der Waals surface area (Å²) in [5, 5.41) is 0. The van der Waals surface area contributed by atoms with Crippen molar-refractivity contribution in [1.29, 1.82) is 0 Å². The molecule has 3 aliphatic heterocycles. The van der Waals surface area contributed by atoms with Gasteiger partial charge in [0.05, 0.1) is 0 Å². The summed E-state index contributed by atoms with van der Waals surface area (Å²) in [6, 6.07) is 4.35. The number of benzene rings is 1. The van der Waals surface area contributed by atoms with E-state index in [2.05, 4.69) is 9.80 Å². The van der Waals surface area contributed by atoms with Gasteiger partial charge in [0.25, 0.3) is 0 Å². The van der Waals surface area contributed by atoms with Crippen molar-refractivity contribution < 1.29 is 8.78 Å². The second-order valence-electron chi connectivity index (χ2n) is 5.52. The number of nitrogens with two attached hydrogens (primary N) is 1. The third-order valence-corrected chi connectivity index (χ3v) is 4.27. The molecule has 0 radical (unpaired) electrons. The molecule has 0 aliphatic carbocycles. The Bertz CT molecular complexity index is 458. The van der Waals surface area contributed by atoms with Crippen LogP contribution in [-0.4, -0.2) is 54.6 Å². The van der Waals surface area contributed by atoms with Crippen LogP contribution in [0, 0.1) is 11.6 Å². The van der Waals surface area contributed by atoms with Gasteiger partial charge in [-0.15, -0.1) is 0 Å². The van der Waals surface area contributed by atoms with Crippen molar-refractivity contribution in [2.24, 2.45) is 5.73 Å². The Hall–Kier alpha value is -1.04. The zero-order valence-electron chi connectivity index (χ0n) is 10.9. The molecule has 2 N–H and O–H groups in total. The molecule has 104 valence electrons. The third kappa shape index (κ3) is 2.63. The van der Waals surface area contributed by atoms with E-state index in [0.29, 0.717) is 12.5 Å². The molecule has 3 saturated heterocycles. The first kappa shape index (κ1) is 13.0. The zero-order chi connectivity index (χ0) is 13.4. The molecule has 2 unspecified atom stereocenters. The fourth-order valence-corrected chi connectivity index (χ4v) is 3.14. The van der Waals surface area contributed by atoms with Crippen molar-refractivity contribution in [1.82, 2.24) is 9.80 Å². The maximum atomic E-state index is 13.2. The van der Waals surface area contributed by atoms with Gasteiger partial charge in [-0.05, 0) is 24.1 Å². The van der Waals surface area contributed by atoms with Crippen molar-refractivity contribution >= 4 is 0 Å². The normalized spacial score (nSPS) is 31.4. The van der Waals surface area contributed by atoms with E-state index in [1.807, 2.05) is 0 Å². The summed E-state index contributed by atoms with van der Waals surface area (Å²) >= 11 is 0. The summed E-state index contributed by atoms with van der Waals surface area (Å²) in [6.45, 7) is 5.36. The van der Waals surface area contributed by atoms with Crippen LogP contribution in [-0.2, 0) is 6.42 Å². The minimum atomic E-state index is -0.802. The average molecular weight is 267 g/mol. The van der Waals surface area contributed by atoms with Crippen LogP contribution < -0.4 is 5.73 Å². The molecule has 0 spiro atoms. The number of piperazine rings is 3. The summed E-state index contributed by atoms with van der Waals surface area (Å²) in [5.41, 5.74) is 7.04. The first-order valence-corrected chi connectivity index (χ1v) is 6.79. The van der Waals surface area contributed by atoms with Crippen LogP contribution in [0.2, 0.25) is 0 Å². The van der Waals surface area contributed by atoms with Crippen molar-refractivity contribution in [3.63, 3.8) is 0 Å². The first-order valence-electron chi connectivity index (χ1n) is 6.79. The van der Waals surface area contributed by atoms with Gasteiger partial charge >= 0.3 is 0 Å². The first-order chi connectivity index (χ1) is 9.13.